The maximum atomic E-state index is 11.7. The van der Waals surface area contributed by atoms with Crippen molar-refractivity contribution in [1.29, 1.82) is 0 Å². The molecule has 0 spiro atoms. The summed E-state index contributed by atoms with van der Waals surface area (Å²) in [6.07, 6.45) is 3.76. The Morgan fingerprint density at radius 3 is 3.06 bits per heavy atom. The third kappa shape index (κ3) is 4.44. The van der Waals surface area contributed by atoms with E-state index in [1.165, 1.54) is 0 Å². The summed E-state index contributed by atoms with van der Waals surface area (Å²) < 4.78 is 0. The Kier molecular flexibility index (Phi) is 4.94. The van der Waals surface area contributed by atoms with Crippen molar-refractivity contribution in [3.63, 3.8) is 0 Å². The number of nitrogens with one attached hydrogen (secondary N) is 2. The standard InChI is InChI=1S/C12H19N3OS/c16-12(7-10-1-4-13-5-2-10)14-6-3-11-8-17-9-15-11/h8-10,13H,1-7H2,(H,14,16). The fourth-order valence-electron chi connectivity index (χ4n) is 2.11. The molecule has 1 aliphatic rings. The molecule has 0 radical (unpaired) electrons. The van der Waals surface area contributed by atoms with Gasteiger partial charge in [0, 0.05) is 24.8 Å². The predicted octanol–water partition coefficient (Wildman–Crippen LogP) is 1.19. The topological polar surface area (TPSA) is 54.0 Å². The van der Waals surface area contributed by atoms with Crippen LogP contribution in [0.15, 0.2) is 10.9 Å². The van der Waals surface area contributed by atoms with Crippen molar-refractivity contribution in [1.82, 2.24) is 15.6 Å². The number of piperidine rings is 1. The van der Waals surface area contributed by atoms with Gasteiger partial charge in [0.05, 0.1) is 11.2 Å². The highest BCUT2D eigenvalue weighted by Gasteiger charge is 2.16. The highest BCUT2D eigenvalue weighted by molar-refractivity contribution is 7.07. The Labute approximate surface area is 106 Å². The molecule has 0 saturated carbocycles. The molecule has 1 aromatic heterocycles. The van der Waals surface area contributed by atoms with Crippen molar-refractivity contribution < 1.29 is 4.79 Å². The molecular weight excluding hydrogens is 234 g/mol. The molecule has 2 rings (SSSR count). The lowest BCUT2D eigenvalue weighted by molar-refractivity contribution is -0.122. The molecule has 2 heterocycles. The van der Waals surface area contributed by atoms with Gasteiger partial charge in [0.2, 0.25) is 5.91 Å². The van der Waals surface area contributed by atoms with Crippen LogP contribution in [0.5, 0.6) is 0 Å². The monoisotopic (exact) mass is 253 g/mol. The first kappa shape index (κ1) is 12.5. The first-order valence-corrected chi connectivity index (χ1v) is 7.13. The van der Waals surface area contributed by atoms with Crippen molar-refractivity contribution in [3.05, 3.63) is 16.6 Å². The van der Waals surface area contributed by atoms with E-state index in [9.17, 15) is 4.79 Å². The van der Waals surface area contributed by atoms with E-state index in [1.807, 2.05) is 10.9 Å². The van der Waals surface area contributed by atoms with Gasteiger partial charge in [-0.05, 0) is 31.8 Å². The van der Waals surface area contributed by atoms with E-state index in [4.69, 9.17) is 0 Å². The lowest BCUT2D eigenvalue weighted by atomic mass is 9.94. The van der Waals surface area contributed by atoms with Gasteiger partial charge in [0.15, 0.2) is 0 Å². The number of nitrogens with zero attached hydrogens (tertiary/aromatic N) is 1. The van der Waals surface area contributed by atoms with Crippen LogP contribution in [0.3, 0.4) is 0 Å². The SMILES string of the molecule is O=C(CC1CCNCC1)NCCc1cscn1. The molecule has 1 aliphatic heterocycles. The first-order valence-electron chi connectivity index (χ1n) is 6.19. The maximum Gasteiger partial charge on any atom is 0.220 e. The van der Waals surface area contributed by atoms with Gasteiger partial charge < -0.3 is 10.6 Å². The van der Waals surface area contributed by atoms with Crippen LogP contribution in [-0.2, 0) is 11.2 Å². The molecule has 2 N–H and O–H groups in total. The van der Waals surface area contributed by atoms with E-state index in [0.717, 1.165) is 38.0 Å². The number of carbonyl (C=O) groups excluding carboxylic acids is 1. The molecule has 17 heavy (non-hydrogen) atoms. The normalized spacial score (nSPS) is 16.9. The Balaban J connectivity index is 1.60. The van der Waals surface area contributed by atoms with Crippen molar-refractivity contribution in [2.24, 2.45) is 5.92 Å². The average Bonchev–Trinajstić information content (AvgIpc) is 2.83. The third-order valence-corrected chi connectivity index (χ3v) is 3.75. The summed E-state index contributed by atoms with van der Waals surface area (Å²) in [4.78, 5) is 15.9. The van der Waals surface area contributed by atoms with E-state index in [-0.39, 0.29) is 5.91 Å². The molecular formula is C12H19N3OS. The fourth-order valence-corrected chi connectivity index (χ4v) is 2.70. The molecule has 0 unspecified atom stereocenters. The van der Waals surface area contributed by atoms with Crippen molar-refractivity contribution >= 4 is 17.2 Å². The zero-order valence-corrected chi connectivity index (χ0v) is 10.8. The second-order valence-electron chi connectivity index (χ2n) is 4.48. The minimum Gasteiger partial charge on any atom is -0.356 e. The van der Waals surface area contributed by atoms with Crippen molar-refractivity contribution in [3.8, 4) is 0 Å². The van der Waals surface area contributed by atoms with Gasteiger partial charge in [-0.15, -0.1) is 11.3 Å². The van der Waals surface area contributed by atoms with Crippen LogP contribution in [0.1, 0.15) is 25.0 Å². The number of hydrogen-bond donors (Lipinski definition) is 2. The molecule has 1 fully saturated rings. The first-order chi connectivity index (χ1) is 8.34. The molecule has 0 aliphatic carbocycles. The quantitative estimate of drug-likeness (QED) is 0.829. The van der Waals surface area contributed by atoms with Gasteiger partial charge in [0.1, 0.15) is 0 Å². The summed E-state index contributed by atoms with van der Waals surface area (Å²) in [5.41, 5.74) is 2.89. The fraction of sp³-hybridized carbons (Fsp3) is 0.667. The van der Waals surface area contributed by atoms with Crippen LogP contribution in [0, 0.1) is 5.92 Å². The molecule has 94 valence electrons. The zero-order valence-electron chi connectivity index (χ0n) is 9.95. The summed E-state index contributed by atoms with van der Waals surface area (Å²) in [7, 11) is 0. The van der Waals surface area contributed by atoms with Crippen LogP contribution in [0.25, 0.3) is 0 Å². The number of carbonyl (C=O) groups is 1. The van der Waals surface area contributed by atoms with Crippen molar-refractivity contribution in [2.75, 3.05) is 19.6 Å². The van der Waals surface area contributed by atoms with E-state index in [2.05, 4.69) is 15.6 Å². The van der Waals surface area contributed by atoms with Crippen LogP contribution in [0.4, 0.5) is 0 Å². The molecule has 0 bridgehead atoms. The lowest BCUT2D eigenvalue weighted by Crippen LogP contribution is -2.33. The molecule has 0 aromatic carbocycles. The minimum absolute atomic E-state index is 0.187. The van der Waals surface area contributed by atoms with Crippen molar-refractivity contribution in [2.45, 2.75) is 25.7 Å². The smallest absolute Gasteiger partial charge is 0.220 e. The molecule has 5 heteroatoms. The second kappa shape index (κ2) is 6.71. The highest BCUT2D eigenvalue weighted by atomic mass is 32.1. The molecule has 4 nitrogen and oxygen atoms in total. The van der Waals surface area contributed by atoms with Crippen LogP contribution < -0.4 is 10.6 Å². The minimum atomic E-state index is 0.187. The molecule has 1 saturated heterocycles. The summed E-state index contributed by atoms with van der Waals surface area (Å²) in [5, 5.41) is 8.31. The average molecular weight is 253 g/mol. The zero-order chi connectivity index (χ0) is 11.9. The van der Waals surface area contributed by atoms with Crippen LogP contribution in [0.2, 0.25) is 0 Å². The molecule has 1 amide bonds. The van der Waals surface area contributed by atoms with E-state index in [1.54, 1.807) is 11.3 Å². The van der Waals surface area contributed by atoms with Gasteiger partial charge in [-0.2, -0.15) is 0 Å². The molecule has 0 atom stereocenters. The van der Waals surface area contributed by atoms with E-state index in [0.29, 0.717) is 18.9 Å². The summed E-state index contributed by atoms with van der Waals surface area (Å²) in [6, 6.07) is 0. The Morgan fingerprint density at radius 1 is 1.53 bits per heavy atom. The Morgan fingerprint density at radius 2 is 2.35 bits per heavy atom. The summed E-state index contributed by atoms with van der Waals surface area (Å²) in [6.45, 7) is 2.81. The Bertz CT molecular complexity index is 334. The second-order valence-corrected chi connectivity index (χ2v) is 5.20. The van der Waals surface area contributed by atoms with E-state index < -0.39 is 0 Å². The Hall–Kier alpha value is -0.940. The number of rotatable bonds is 5. The van der Waals surface area contributed by atoms with Gasteiger partial charge in [-0.25, -0.2) is 4.98 Å². The lowest BCUT2D eigenvalue weighted by Gasteiger charge is -2.21. The van der Waals surface area contributed by atoms with Gasteiger partial charge >= 0.3 is 0 Å². The van der Waals surface area contributed by atoms with Crippen LogP contribution >= 0.6 is 11.3 Å². The van der Waals surface area contributed by atoms with Gasteiger partial charge in [-0.1, -0.05) is 0 Å². The third-order valence-electron chi connectivity index (χ3n) is 3.12. The number of aromatic nitrogens is 1. The number of amides is 1. The summed E-state index contributed by atoms with van der Waals surface area (Å²) >= 11 is 1.60. The van der Waals surface area contributed by atoms with Gasteiger partial charge in [-0.3, -0.25) is 4.79 Å². The van der Waals surface area contributed by atoms with Gasteiger partial charge in [0.25, 0.3) is 0 Å². The predicted molar refractivity (Wildman–Crippen MR) is 69.0 cm³/mol. The largest absolute Gasteiger partial charge is 0.356 e. The van der Waals surface area contributed by atoms with E-state index >= 15 is 0 Å². The van der Waals surface area contributed by atoms with Crippen LogP contribution in [-0.4, -0.2) is 30.5 Å². The molecule has 1 aromatic rings. The summed E-state index contributed by atoms with van der Waals surface area (Å²) in [5.74, 6) is 0.752. The number of thiazole rings is 1. The highest BCUT2D eigenvalue weighted by Crippen LogP contribution is 2.15. The maximum absolute atomic E-state index is 11.7. The number of hydrogen-bond acceptors (Lipinski definition) is 4.